The maximum absolute atomic E-state index is 16.3. The Morgan fingerprint density at radius 3 is 2.52 bits per heavy atom. The van der Waals surface area contributed by atoms with Crippen LogP contribution in [0.25, 0.3) is 0 Å². The number of halogens is 3. The van der Waals surface area contributed by atoms with Gasteiger partial charge in [-0.15, -0.1) is 0 Å². The Balaban J connectivity index is 1.40. The minimum atomic E-state index is -1.49. The summed E-state index contributed by atoms with van der Waals surface area (Å²) < 4.78 is 22.1. The fraction of sp³-hybridized carbons (Fsp3) is 0.270. The summed E-state index contributed by atoms with van der Waals surface area (Å²) in [6.07, 6.45) is 0.505. The molecule has 4 atom stereocenters. The van der Waals surface area contributed by atoms with E-state index in [0.29, 0.717) is 41.6 Å². The van der Waals surface area contributed by atoms with Gasteiger partial charge in [0.25, 0.3) is 0 Å². The number of benzene rings is 4. The van der Waals surface area contributed by atoms with Crippen molar-refractivity contribution < 1.29 is 28.6 Å². The number of anilines is 1. The zero-order valence-electron chi connectivity index (χ0n) is 26.0. The van der Waals surface area contributed by atoms with Crippen molar-refractivity contribution in [2.45, 2.75) is 43.9 Å². The fourth-order valence-corrected chi connectivity index (χ4v) is 8.26. The van der Waals surface area contributed by atoms with E-state index >= 15 is 4.39 Å². The summed E-state index contributed by atoms with van der Waals surface area (Å²) in [7, 11) is 0. The van der Waals surface area contributed by atoms with E-state index in [9.17, 15) is 19.5 Å². The van der Waals surface area contributed by atoms with E-state index in [2.05, 4.69) is 10.2 Å². The number of rotatable bonds is 8. The Bertz CT molecular complexity index is 1940. The Morgan fingerprint density at radius 1 is 1.00 bits per heavy atom. The molecule has 0 aliphatic carbocycles. The third-order valence-electron chi connectivity index (χ3n) is 9.81. The standard InChI is InChI=1S/C37H32Cl2FN3O5/c1-2-48-25-6-3-5-22(17-25)20-43-30-15-16-42(19-21-9-11-23(12-10-21)35(45)46)34(44)31(30)32(26-7-4-8-28(39)33(26)40)37(43)27-14-13-24(38)18-29(27)41-36(37)47/h3-14,17-18,30-32H,2,15-16,19-20H2,1H3,(H,41,47)(H,45,46)/t30-,31+,32-,37+/m0/s1. The van der Waals surface area contributed by atoms with Gasteiger partial charge in [0.2, 0.25) is 11.8 Å². The van der Waals surface area contributed by atoms with Gasteiger partial charge in [0.15, 0.2) is 0 Å². The molecular weight excluding hydrogens is 656 g/mol. The molecule has 7 rings (SSSR count). The molecule has 3 aliphatic rings. The second-order valence-electron chi connectivity index (χ2n) is 12.4. The fourth-order valence-electron chi connectivity index (χ4n) is 7.90. The maximum Gasteiger partial charge on any atom is 0.335 e. The van der Waals surface area contributed by atoms with E-state index in [1.165, 1.54) is 18.2 Å². The number of carbonyl (C=O) groups excluding carboxylic acids is 2. The summed E-state index contributed by atoms with van der Waals surface area (Å²) in [6.45, 7) is 3.28. The second kappa shape index (κ2) is 12.5. The summed E-state index contributed by atoms with van der Waals surface area (Å²) in [5.41, 5.74) is 1.59. The summed E-state index contributed by atoms with van der Waals surface area (Å²) >= 11 is 12.8. The van der Waals surface area contributed by atoms with Crippen LogP contribution in [-0.2, 0) is 28.2 Å². The van der Waals surface area contributed by atoms with Gasteiger partial charge in [-0.2, -0.15) is 0 Å². The number of amides is 2. The first-order chi connectivity index (χ1) is 23.1. The number of hydrogen-bond donors (Lipinski definition) is 2. The van der Waals surface area contributed by atoms with Crippen LogP contribution in [0.4, 0.5) is 10.1 Å². The molecule has 1 spiro atoms. The van der Waals surface area contributed by atoms with Crippen molar-refractivity contribution in [1.82, 2.24) is 9.80 Å². The predicted octanol–water partition coefficient (Wildman–Crippen LogP) is 7.09. The minimum absolute atomic E-state index is 0.101. The maximum atomic E-state index is 16.3. The third-order valence-corrected chi connectivity index (χ3v) is 10.3. The molecule has 0 saturated carbocycles. The summed E-state index contributed by atoms with van der Waals surface area (Å²) in [5.74, 6) is -3.41. The molecule has 2 amide bonds. The van der Waals surface area contributed by atoms with Crippen LogP contribution in [0, 0.1) is 11.7 Å². The normalized spacial score (nSPS) is 23.2. The largest absolute Gasteiger partial charge is 0.494 e. The lowest BCUT2D eigenvalue weighted by atomic mass is 9.70. The number of piperidine rings is 1. The summed E-state index contributed by atoms with van der Waals surface area (Å²) in [6, 6.07) is 23.5. The highest BCUT2D eigenvalue weighted by Gasteiger charge is 2.69. The second-order valence-corrected chi connectivity index (χ2v) is 13.2. The first kappa shape index (κ1) is 32.1. The molecule has 246 valence electrons. The van der Waals surface area contributed by atoms with Gasteiger partial charge in [0, 0.05) is 47.9 Å². The number of fused-ring (bicyclic) bond motifs is 3. The number of likely N-dealkylation sites (tertiary alicyclic amines) is 2. The number of hydrogen-bond acceptors (Lipinski definition) is 5. The highest BCUT2D eigenvalue weighted by atomic mass is 35.5. The number of nitrogens with one attached hydrogen (secondary N) is 1. The Kier molecular flexibility index (Phi) is 8.39. The molecule has 11 heteroatoms. The molecule has 4 aromatic carbocycles. The lowest BCUT2D eigenvalue weighted by molar-refractivity contribution is -0.141. The van der Waals surface area contributed by atoms with Crippen LogP contribution in [0.2, 0.25) is 10.0 Å². The van der Waals surface area contributed by atoms with Crippen molar-refractivity contribution in [2.75, 3.05) is 18.5 Å². The van der Waals surface area contributed by atoms with Gasteiger partial charge >= 0.3 is 5.97 Å². The van der Waals surface area contributed by atoms with Crippen molar-refractivity contribution >= 4 is 46.7 Å². The van der Waals surface area contributed by atoms with Crippen LogP contribution in [0.1, 0.15) is 51.9 Å². The van der Waals surface area contributed by atoms with E-state index in [1.807, 2.05) is 31.2 Å². The predicted molar refractivity (Wildman–Crippen MR) is 180 cm³/mol. The summed E-state index contributed by atoms with van der Waals surface area (Å²) in [5, 5.41) is 12.7. The molecule has 0 bridgehead atoms. The highest BCUT2D eigenvalue weighted by Crippen LogP contribution is 2.62. The van der Waals surface area contributed by atoms with Gasteiger partial charge < -0.3 is 20.1 Å². The molecule has 2 saturated heterocycles. The number of ether oxygens (including phenoxy) is 1. The molecule has 3 heterocycles. The molecule has 2 fully saturated rings. The van der Waals surface area contributed by atoms with Crippen molar-refractivity contribution in [3.05, 3.63) is 129 Å². The average molecular weight is 689 g/mol. The zero-order valence-corrected chi connectivity index (χ0v) is 27.5. The van der Waals surface area contributed by atoms with Gasteiger partial charge in [0.1, 0.15) is 17.1 Å². The van der Waals surface area contributed by atoms with Gasteiger partial charge in [-0.05, 0) is 72.5 Å². The lowest BCUT2D eigenvalue weighted by Crippen LogP contribution is -2.52. The summed E-state index contributed by atoms with van der Waals surface area (Å²) in [4.78, 5) is 44.7. The third kappa shape index (κ3) is 5.21. The van der Waals surface area contributed by atoms with Gasteiger partial charge in [-0.25, -0.2) is 9.18 Å². The molecular formula is C37H32Cl2FN3O5. The quantitative estimate of drug-likeness (QED) is 0.205. The monoisotopic (exact) mass is 687 g/mol. The molecule has 0 radical (unpaired) electrons. The van der Waals surface area contributed by atoms with Crippen molar-refractivity contribution in [2.24, 2.45) is 5.92 Å². The van der Waals surface area contributed by atoms with E-state index < -0.39 is 35.2 Å². The topological polar surface area (TPSA) is 99.2 Å². The molecule has 3 aliphatic heterocycles. The SMILES string of the molecule is CCOc1cccc(CN2[C@H]3CCN(Cc4ccc(C(=O)O)cc4)C(=O)[C@H]3[C@H](c3cccc(Cl)c3F)[C@]23C(=O)Nc2cc(Cl)ccc23)c1. The van der Waals surface area contributed by atoms with Crippen LogP contribution in [0.3, 0.4) is 0 Å². The molecule has 4 aromatic rings. The van der Waals surface area contributed by atoms with E-state index in [0.717, 1.165) is 11.1 Å². The highest BCUT2D eigenvalue weighted by molar-refractivity contribution is 6.31. The van der Waals surface area contributed by atoms with Crippen LogP contribution in [0.15, 0.2) is 84.9 Å². The van der Waals surface area contributed by atoms with E-state index in [4.69, 9.17) is 27.9 Å². The Morgan fingerprint density at radius 2 is 1.77 bits per heavy atom. The van der Waals surface area contributed by atoms with Crippen LogP contribution in [-0.4, -0.2) is 51.9 Å². The zero-order chi connectivity index (χ0) is 33.7. The number of nitrogens with zero attached hydrogens (tertiary/aromatic N) is 2. The molecule has 0 aromatic heterocycles. The first-order valence-corrected chi connectivity index (χ1v) is 16.5. The number of carbonyl (C=O) groups is 3. The average Bonchev–Trinajstić information content (AvgIpc) is 3.51. The lowest BCUT2D eigenvalue weighted by Gasteiger charge is -2.40. The Labute approximate surface area is 287 Å². The van der Waals surface area contributed by atoms with Crippen LogP contribution < -0.4 is 10.1 Å². The van der Waals surface area contributed by atoms with Gasteiger partial charge in [-0.3, -0.25) is 14.5 Å². The van der Waals surface area contributed by atoms with Crippen LogP contribution >= 0.6 is 23.2 Å². The van der Waals surface area contributed by atoms with Gasteiger partial charge in [-0.1, -0.05) is 65.7 Å². The molecule has 0 unspecified atom stereocenters. The number of aromatic carboxylic acids is 1. The first-order valence-electron chi connectivity index (χ1n) is 15.8. The number of carboxylic acid groups (broad SMARTS) is 1. The smallest absolute Gasteiger partial charge is 0.335 e. The number of carboxylic acids is 1. The minimum Gasteiger partial charge on any atom is -0.494 e. The van der Waals surface area contributed by atoms with Gasteiger partial charge in [0.05, 0.1) is 23.1 Å². The Hall–Kier alpha value is -4.44. The van der Waals surface area contributed by atoms with E-state index in [-0.39, 0.29) is 41.1 Å². The molecule has 2 N–H and O–H groups in total. The van der Waals surface area contributed by atoms with Crippen molar-refractivity contribution in [3.8, 4) is 5.75 Å². The van der Waals surface area contributed by atoms with Crippen molar-refractivity contribution in [3.63, 3.8) is 0 Å². The van der Waals surface area contributed by atoms with E-state index in [1.54, 1.807) is 47.4 Å². The molecule has 8 nitrogen and oxygen atoms in total. The molecule has 48 heavy (non-hydrogen) atoms. The van der Waals surface area contributed by atoms with Crippen LogP contribution in [0.5, 0.6) is 5.75 Å². The van der Waals surface area contributed by atoms with Crippen molar-refractivity contribution in [1.29, 1.82) is 0 Å².